The Morgan fingerprint density at radius 2 is 2.06 bits per heavy atom. The van der Waals surface area contributed by atoms with Gasteiger partial charge in [-0.05, 0) is 44.4 Å². The molecular formula is C14H11BrO3. The molecule has 0 saturated heterocycles. The molecule has 0 spiro atoms. The number of aliphatic carboxylic acids is 1. The quantitative estimate of drug-likeness (QED) is 0.879. The third-order valence-electron chi connectivity index (χ3n) is 2.75. The fourth-order valence-corrected chi connectivity index (χ4v) is 2.40. The molecule has 2 rings (SSSR count). The summed E-state index contributed by atoms with van der Waals surface area (Å²) in [6.45, 7) is 3.55. The number of carbonyl (C=O) groups is 1. The van der Waals surface area contributed by atoms with Crippen LogP contribution in [0.25, 0.3) is 16.3 Å². The summed E-state index contributed by atoms with van der Waals surface area (Å²) < 4.78 is 6.07. The van der Waals surface area contributed by atoms with E-state index in [1.54, 1.807) is 19.2 Å². The highest BCUT2D eigenvalue weighted by Crippen LogP contribution is 2.34. The average molecular weight is 307 g/mol. The molecule has 0 aromatic heterocycles. The van der Waals surface area contributed by atoms with Crippen LogP contribution in [0.4, 0.5) is 0 Å². The van der Waals surface area contributed by atoms with E-state index in [1.165, 1.54) is 0 Å². The monoisotopic (exact) mass is 306 g/mol. The van der Waals surface area contributed by atoms with Crippen molar-refractivity contribution in [3.05, 3.63) is 46.9 Å². The third kappa shape index (κ3) is 2.11. The zero-order chi connectivity index (χ0) is 13.3. The first-order valence-corrected chi connectivity index (χ1v) is 6.02. The average Bonchev–Trinajstić information content (AvgIpc) is 2.37. The lowest BCUT2D eigenvalue weighted by Gasteiger charge is -2.08. The summed E-state index contributed by atoms with van der Waals surface area (Å²) in [6, 6.07) is 9.11. The summed E-state index contributed by atoms with van der Waals surface area (Å²) in [5.41, 5.74) is 0.691. The Balaban J connectivity index is 2.61. The second-order valence-electron chi connectivity index (χ2n) is 3.80. The van der Waals surface area contributed by atoms with Gasteiger partial charge in [-0.3, -0.25) is 0 Å². The van der Waals surface area contributed by atoms with Crippen molar-refractivity contribution in [3.63, 3.8) is 0 Å². The van der Waals surface area contributed by atoms with Crippen molar-refractivity contribution in [2.45, 2.75) is 0 Å². The second-order valence-corrected chi connectivity index (χ2v) is 4.59. The van der Waals surface area contributed by atoms with Crippen LogP contribution in [0, 0.1) is 0 Å². The lowest BCUT2D eigenvalue weighted by molar-refractivity contribution is -0.130. The van der Waals surface area contributed by atoms with Gasteiger partial charge in [-0.15, -0.1) is 0 Å². The number of rotatable bonds is 3. The molecule has 3 nitrogen and oxygen atoms in total. The Labute approximate surface area is 113 Å². The molecule has 2 aromatic carbocycles. The molecule has 1 N–H and O–H groups in total. The van der Waals surface area contributed by atoms with Crippen molar-refractivity contribution in [1.82, 2.24) is 0 Å². The number of halogens is 1. The highest BCUT2D eigenvalue weighted by Gasteiger charge is 2.10. The SMILES string of the molecule is C=C(C(=O)O)c1ccc2c(Br)c(OC)ccc2c1. The van der Waals surface area contributed by atoms with Crippen LogP contribution in [0.2, 0.25) is 0 Å². The van der Waals surface area contributed by atoms with Gasteiger partial charge < -0.3 is 9.84 Å². The molecule has 0 amide bonds. The third-order valence-corrected chi connectivity index (χ3v) is 3.56. The molecule has 0 aliphatic heterocycles. The molecule has 0 fully saturated rings. The summed E-state index contributed by atoms with van der Waals surface area (Å²) in [6.07, 6.45) is 0. The van der Waals surface area contributed by atoms with Crippen LogP contribution in [0.3, 0.4) is 0 Å². The van der Waals surface area contributed by atoms with E-state index in [0.29, 0.717) is 5.56 Å². The molecule has 0 bridgehead atoms. The molecule has 0 heterocycles. The molecule has 0 atom stereocenters. The Bertz CT molecular complexity index is 647. The van der Waals surface area contributed by atoms with Gasteiger partial charge in [0.15, 0.2) is 0 Å². The molecule has 0 saturated carbocycles. The van der Waals surface area contributed by atoms with Gasteiger partial charge in [0.2, 0.25) is 0 Å². The number of carboxylic acids is 1. The van der Waals surface area contributed by atoms with Crippen LogP contribution in [-0.4, -0.2) is 18.2 Å². The minimum atomic E-state index is -1.01. The van der Waals surface area contributed by atoms with Gasteiger partial charge in [0.1, 0.15) is 5.75 Å². The molecule has 2 aromatic rings. The number of ether oxygens (including phenoxy) is 1. The molecular weight excluding hydrogens is 296 g/mol. The van der Waals surface area contributed by atoms with Crippen LogP contribution in [0.1, 0.15) is 5.56 Å². The van der Waals surface area contributed by atoms with E-state index in [2.05, 4.69) is 22.5 Å². The largest absolute Gasteiger partial charge is 0.496 e. The van der Waals surface area contributed by atoms with Gasteiger partial charge in [-0.1, -0.05) is 24.8 Å². The maximum atomic E-state index is 10.9. The minimum Gasteiger partial charge on any atom is -0.496 e. The summed E-state index contributed by atoms with van der Waals surface area (Å²) in [7, 11) is 1.60. The Hall–Kier alpha value is -1.81. The van der Waals surface area contributed by atoms with E-state index in [9.17, 15) is 4.79 Å². The molecule has 92 valence electrons. The highest BCUT2D eigenvalue weighted by atomic mass is 79.9. The van der Waals surface area contributed by atoms with E-state index < -0.39 is 5.97 Å². The van der Waals surface area contributed by atoms with Crippen LogP contribution in [0.5, 0.6) is 5.75 Å². The number of hydrogen-bond acceptors (Lipinski definition) is 2. The topological polar surface area (TPSA) is 46.5 Å². The van der Waals surface area contributed by atoms with Gasteiger partial charge in [-0.25, -0.2) is 4.79 Å². The Kier molecular flexibility index (Phi) is 3.39. The van der Waals surface area contributed by atoms with Gasteiger partial charge in [0.05, 0.1) is 17.2 Å². The van der Waals surface area contributed by atoms with Crippen LogP contribution < -0.4 is 4.74 Å². The van der Waals surface area contributed by atoms with Crippen molar-refractivity contribution in [2.24, 2.45) is 0 Å². The first-order valence-electron chi connectivity index (χ1n) is 5.23. The summed E-state index contributed by atoms with van der Waals surface area (Å²) in [5, 5.41) is 10.8. The zero-order valence-electron chi connectivity index (χ0n) is 9.74. The normalized spacial score (nSPS) is 10.3. The lowest BCUT2D eigenvalue weighted by Crippen LogP contribution is -1.97. The fraction of sp³-hybridized carbons (Fsp3) is 0.0714. The van der Waals surface area contributed by atoms with Crippen LogP contribution in [0.15, 0.2) is 41.4 Å². The molecule has 0 radical (unpaired) electrons. The van der Waals surface area contributed by atoms with Gasteiger partial charge >= 0.3 is 5.97 Å². The molecule has 0 aliphatic carbocycles. The van der Waals surface area contributed by atoms with Crippen molar-refractivity contribution in [2.75, 3.05) is 7.11 Å². The number of fused-ring (bicyclic) bond motifs is 1. The summed E-state index contributed by atoms with van der Waals surface area (Å²) in [5.74, 6) is -0.269. The second kappa shape index (κ2) is 4.82. The first kappa shape index (κ1) is 12.6. The van der Waals surface area contributed by atoms with Gasteiger partial charge in [0.25, 0.3) is 0 Å². The first-order chi connectivity index (χ1) is 8.54. The van der Waals surface area contributed by atoms with Gasteiger partial charge in [0, 0.05) is 0 Å². The smallest absolute Gasteiger partial charge is 0.335 e. The molecule has 0 aliphatic rings. The Morgan fingerprint density at radius 3 is 2.67 bits per heavy atom. The zero-order valence-corrected chi connectivity index (χ0v) is 11.3. The van der Waals surface area contributed by atoms with Crippen molar-refractivity contribution < 1.29 is 14.6 Å². The van der Waals surface area contributed by atoms with Crippen LogP contribution in [-0.2, 0) is 4.79 Å². The van der Waals surface area contributed by atoms with E-state index in [4.69, 9.17) is 9.84 Å². The predicted octanol–water partition coefficient (Wildman–Crippen LogP) is 3.71. The number of carboxylic acid groups (broad SMARTS) is 1. The molecule has 18 heavy (non-hydrogen) atoms. The molecule has 4 heteroatoms. The lowest BCUT2D eigenvalue weighted by atomic mass is 10.0. The standard InChI is InChI=1S/C14H11BrO3/c1-8(14(16)17)9-3-5-11-10(7-9)4-6-12(18-2)13(11)15/h3-7H,1H2,2H3,(H,16,17). The van der Waals surface area contributed by atoms with Crippen molar-refractivity contribution >= 4 is 38.2 Å². The van der Waals surface area contributed by atoms with Crippen molar-refractivity contribution in [3.8, 4) is 5.75 Å². The fourth-order valence-electron chi connectivity index (χ4n) is 1.74. The Morgan fingerprint density at radius 1 is 1.33 bits per heavy atom. The summed E-state index contributed by atoms with van der Waals surface area (Å²) >= 11 is 3.47. The number of methoxy groups -OCH3 is 1. The van der Waals surface area contributed by atoms with Crippen LogP contribution >= 0.6 is 15.9 Å². The van der Waals surface area contributed by atoms with E-state index >= 15 is 0 Å². The highest BCUT2D eigenvalue weighted by molar-refractivity contribution is 9.10. The summed E-state index contributed by atoms with van der Waals surface area (Å²) in [4.78, 5) is 10.9. The maximum absolute atomic E-state index is 10.9. The number of hydrogen-bond donors (Lipinski definition) is 1. The predicted molar refractivity (Wildman–Crippen MR) is 74.9 cm³/mol. The van der Waals surface area contributed by atoms with E-state index in [0.717, 1.165) is 21.0 Å². The number of benzene rings is 2. The minimum absolute atomic E-state index is 0.0869. The molecule has 0 unspecified atom stereocenters. The van der Waals surface area contributed by atoms with E-state index in [1.807, 2.05) is 18.2 Å². The maximum Gasteiger partial charge on any atom is 0.335 e. The van der Waals surface area contributed by atoms with Crippen molar-refractivity contribution in [1.29, 1.82) is 0 Å². The van der Waals surface area contributed by atoms with E-state index in [-0.39, 0.29) is 5.57 Å². The van der Waals surface area contributed by atoms with Gasteiger partial charge in [-0.2, -0.15) is 0 Å².